The molecule has 1 aromatic carbocycles. The summed E-state index contributed by atoms with van der Waals surface area (Å²) in [5.74, 6) is -1.12. The van der Waals surface area contributed by atoms with Crippen molar-refractivity contribution in [2.45, 2.75) is 6.04 Å². The van der Waals surface area contributed by atoms with Crippen molar-refractivity contribution >= 4 is 0 Å². The number of hydrogen-bond acceptors (Lipinski definition) is 2. The van der Waals surface area contributed by atoms with E-state index in [9.17, 15) is 8.78 Å². The summed E-state index contributed by atoms with van der Waals surface area (Å²) in [6, 6.07) is 6.82. The Balaban J connectivity index is 2.50. The minimum atomic E-state index is -0.562. The number of hydrogen-bond donors (Lipinski definition) is 1. The van der Waals surface area contributed by atoms with Gasteiger partial charge in [0.05, 0.1) is 6.04 Å². The van der Waals surface area contributed by atoms with Crippen LogP contribution in [0.2, 0.25) is 0 Å². The zero-order valence-electron chi connectivity index (χ0n) is 9.32. The smallest absolute Gasteiger partial charge is 0.131 e. The maximum atomic E-state index is 13.7. The molecule has 0 aliphatic rings. The molecule has 0 aliphatic carbocycles. The Bertz CT molecular complexity index is 480. The lowest BCUT2D eigenvalue weighted by Crippen LogP contribution is -2.20. The summed E-state index contributed by atoms with van der Waals surface area (Å²) in [6.45, 7) is 0. The quantitative estimate of drug-likeness (QED) is 0.883. The Morgan fingerprint density at radius 3 is 2.35 bits per heavy atom. The lowest BCUT2D eigenvalue weighted by molar-refractivity contribution is 0.521. The molecule has 0 fully saturated rings. The Labute approximate surface area is 98.3 Å². The van der Waals surface area contributed by atoms with Crippen LogP contribution in [0.1, 0.15) is 17.2 Å². The third-order valence-corrected chi connectivity index (χ3v) is 2.59. The van der Waals surface area contributed by atoms with Crippen LogP contribution in [0.5, 0.6) is 0 Å². The molecule has 0 radical (unpaired) electrons. The van der Waals surface area contributed by atoms with Crippen molar-refractivity contribution in [3.05, 3.63) is 65.5 Å². The van der Waals surface area contributed by atoms with Crippen molar-refractivity contribution in [2.24, 2.45) is 0 Å². The molecular weight excluding hydrogens is 222 g/mol. The van der Waals surface area contributed by atoms with Gasteiger partial charge in [-0.05, 0) is 30.8 Å². The topological polar surface area (TPSA) is 24.9 Å². The summed E-state index contributed by atoms with van der Waals surface area (Å²) in [4.78, 5) is 3.95. The molecule has 1 unspecified atom stereocenters. The molecule has 0 spiro atoms. The molecule has 88 valence electrons. The first-order chi connectivity index (χ1) is 8.24. The van der Waals surface area contributed by atoms with E-state index in [-0.39, 0.29) is 5.56 Å². The van der Waals surface area contributed by atoms with E-state index in [4.69, 9.17) is 0 Å². The fourth-order valence-corrected chi connectivity index (χ4v) is 1.81. The Morgan fingerprint density at radius 2 is 1.82 bits per heavy atom. The van der Waals surface area contributed by atoms with Gasteiger partial charge in [-0.2, -0.15) is 0 Å². The molecule has 1 N–H and O–H groups in total. The van der Waals surface area contributed by atoms with Crippen LogP contribution in [0.25, 0.3) is 0 Å². The van der Waals surface area contributed by atoms with E-state index < -0.39 is 17.7 Å². The molecule has 4 heteroatoms. The summed E-state index contributed by atoms with van der Waals surface area (Å²) < 4.78 is 27.3. The molecule has 1 aromatic heterocycles. The second kappa shape index (κ2) is 5.01. The largest absolute Gasteiger partial charge is 0.309 e. The predicted molar refractivity (Wildman–Crippen MR) is 61.5 cm³/mol. The van der Waals surface area contributed by atoms with Crippen molar-refractivity contribution in [2.75, 3.05) is 7.05 Å². The van der Waals surface area contributed by atoms with Crippen LogP contribution in [0.3, 0.4) is 0 Å². The van der Waals surface area contributed by atoms with Crippen molar-refractivity contribution in [1.82, 2.24) is 10.3 Å². The molecule has 2 rings (SSSR count). The van der Waals surface area contributed by atoms with Crippen LogP contribution >= 0.6 is 0 Å². The van der Waals surface area contributed by atoms with Crippen LogP contribution in [0.4, 0.5) is 8.78 Å². The zero-order chi connectivity index (χ0) is 12.3. The summed E-state index contributed by atoms with van der Waals surface area (Å²) in [5.41, 5.74) is 0.738. The summed E-state index contributed by atoms with van der Waals surface area (Å²) >= 11 is 0. The third-order valence-electron chi connectivity index (χ3n) is 2.59. The van der Waals surface area contributed by atoms with E-state index in [1.165, 1.54) is 18.2 Å². The number of nitrogens with zero attached hydrogens (tertiary/aromatic N) is 1. The summed E-state index contributed by atoms with van der Waals surface area (Å²) in [7, 11) is 1.66. The summed E-state index contributed by atoms with van der Waals surface area (Å²) in [5, 5.41) is 2.90. The number of halogens is 2. The second-order valence-corrected chi connectivity index (χ2v) is 3.64. The van der Waals surface area contributed by atoms with Crippen molar-refractivity contribution in [3.63, 3.8) is 0 Å². The van der Waals surface area contributed by atoms with E-state index in [1.807, 2.05) is 0 Å². The average molecular weight is 234 g/mol. The van der Waals surface area contributed by atoms with E-state index in [0.717, 1.165) is 5.56 Å². The van der Waals surface area contributed by atoms with E-state index in [2.05, 4.69) is 10.3 Å². The average Bonchev–Trinajstić information content (AvgIpc) is 2.35. The van der Waals surface area contributed by atoms with Gasteiger partial charge >= 0.3 is 0 Å². The van der Waals surface area contributed by atoms with E-state index in [1.54, 1.807) is 31.6 Å². The van der Waals surface area contributed by atoms with E-state index in [0.29, 0.717) is 0 Å². The summed E-state index contributed by atoms with van der Waals surface area (Å²) in [6.07, 6.45) is 3.21. The molecule has 0 saturated heterocycles. The highest BCUT2D eigenvalue weighted by atomic mass is 19.1. The van der Waals surface area contributed by atoms with Gasteiger partial charge < -0.3 is 5.32 Å². The minimum Gasteiger partial charge on any atom is -0.309 e. The molecule has 0 amide bonds. The van der Waals surface area contributed by atoms with Gasteiger partial charge in [0.25, 0.3) is 0 Å². The van der Waals surface area contributed by atoms with Crippen LogP contribution < -0.4 is 5.32 Å². The Morgan fingerprint density at radius 1 is 1.12 bits per heavy atom. The first kappa shape index (κ1) is 11.7. The van der Waals surface area contributed by atoms with Gasteiger partial charge in [0, 0.05) is 18.0 Å². The molecule has 2 nitrogen and oxygen atoms in total. The highest BCUT2D eigenvalue weighted by molar-refractivity contribution is 5.32. The third kappa shape index (κ3) is 2.31. The first-order valence-electron chi connectivity index (χ1n) is 5.25. The highest BCUT2D eigenvalue weighted by Crippen LogP contribution is 2.25. The molecule has 1 atom stereocenters. The molecule has 2 aromatic rings. The second-order valence-electron chi connectivity index (χ2n) is 3.64. The molecule has 1 heterocycles. The van der Waals surface area contributed by atoms with Gasteiger partial charge in [0.2, 0.25) is 0 Å². The van der Waals surface area contributed by atoms with Gasteiger partial charge in [-0.3, -0.25) is 4.98 Å². The molecular formula is C13H12F2N2. The van der Waals surface area contributed by atoms with Gasteiger partial charge in [0.1, 0.15) is 11.6 Å². The fourth-order valence-electron chi connectivity index (χ4n) is 1.81. The maximum Gasteiger partial charge on any atom is 0.131 e. The number of rotatable bonds is 3. The molecule has 0 aliphatic heterocycles. The normalized spacial score (nSPS) is 12.4. The monoisotopic (exact) mass is 234 g/mol. The predicted octanol–water partition coefficient (Wildman–Crippen LogP) is 2.67. The molecule has 17 heavy (non-hydrogen) atoms. The van der Waals surface area contributed by atoms with Crippen LogP contribution in [0.15, 0.2) is 42.7 Å². The standard InChI is InChI=1S/C13H12F2N2/c1-16-13(9-4-3-7-17-8-9)12-10(14)5-2-6-11(12)15/h2-8,13,16H,1H3. The van der Waals surface area contributed by atoms with Crippen LogP contribution in [-0.4, -0.2) is 12.0 Å². The lowest BCUT2D eigenvalue weighted by atomic mass is 9.99. The van der Waals surface area contributed by atoms with Crippen molar-refractivity contribution in [1.29, 1.82) is 0 Å². The van der Waals surface area contributed by atoms with E-state index >= 15 is 0 Å². The van der Waals surface area contributed by atoms with Gasteiger partial charge in [-0.15, -0.1) is 0 Å². The molecule has 0 saturated carbocycles. The van der Waals surface area contributed by atoms with Gasteiger partial charge in [-0.1, -0.05) is 12.1 Å². The number of pyridine rings is 1. The Hall–Kier alpha value is -1.81. The SMILES string of the molecule is CNC(c1cccnc1)c1c(F)cccc1F. The fraction of sp³-hybridized carbons (Fsp3) is 0.154. The minimum absolute atomic E-state index is 0.0167. The Kier molecular flexibility index (Phi) is 3.44. The van der Waals surface area contributed by atoms with Crippen LogP contribution in [-0.2, 0) is 0 Å². The van der Waals surface area contributed by atoms with Crippen molar-refractivity contribution < 1.29 is 8.78 Å². The first-order valence-corrected chi connectivity index (χ1v) is 5.25. The number of nitrogens with one attached hydrogen (secondary N) is 1. The highest BCUT2D eigenvalue weighted by Gasteiger charge is 2.20. The zero-order valence-corrected chi connectivity index (χ0v) is 9.32. The number of aromatic nitrogens is 1. The van der Waals surface area contributed by atoms with Gasteiger partial charge in [0.15, 0.2) is 0 Å². The number of benzene rings is 1. The van der Waals surface area contributed by atoms with Crippen LogP contribution in [0, 0.1) is 11.6 Å². The van der Waals surface area contributed by atoms with Gasteiger partial charge in [-0.25, -0.2) is 8.78 Å². The molecule has 0 bridgehead atoms. The lowest BCUT2D eigenvalue weighted by Gasteiger charge is -2.18. The maximum absolute atomic E-state index is 13.7. The van der Waals surface area contributed by atoms with Crippen molar-refractivity contribution in [3.8, 4) is 0 Å².